The molecule has 0 amide bonds. The molecular weight excluding hydrogens is 312 g/mol. The van der Waals surface area contributed by atoms with Gasteiger partial charge in [-0.2, -0.15) is 26.3 Å². The third-order valence-corrected chi connectivity index (χ3v) is 4.76. The third-order valence-electron chi connectivity index (χ3n) is 3.18. The van der Waals surface area contributed by atoms with E-state index in [-0.39, 0.29) is 12.8 Å². The Morgan fingerprint density at radius 1 is 0.950 bits per heavy atom. The Kier molecular flexibility index (Phi) is 4.70. The van der Waals surface area contributed by atoms with Crippen LogP contribution in [0.25, 0.3) is 0 Å². The van der Waals surface area contributed by atoms with E-state index in [9.17, 15) is 34.8 Å². The quantitative estimate of drug-likeness (QED) is 0.789. The standard InChI is InChI=1S/C10H15F6NO2S/c1-8(11,12)9(13,14)10(15,16)20(18,19)17-7-5-3-2-4-6-7/h7,17H,2-6H2,1H3. The molecule has 0 aliphatic heterocycles. The van der Waals surface area contributed by atoms with Crippen molar-refractivity contribution in [3.63, 3.8) is 0 Å². The van der Waals surface area contributed by atoms with Crippen molar-refractivity contribution in [2.75, 3.05) is 0 Å². The van der Waals surface area contributed by atoms with E-state index in [1.807, 2.05) is 0 Å². The van der Waals surface area contributed by atoms with Crippen molar-refractivity contribution in [3.05, 3.63) is 0 Å². The normalized spacial score (nSPS) is 20.1. The summed E-state index contributed by atoms with van der Waals surface area (Å²) in [5.74, 6) is -11.2. The van der Waals surface area contributed by atoms with Crippen LogP contribution < -0.4 is 4.72 Å². The molecule has 0 atom stereocenters. The Morgan fingerprint density at radius 3 is 1.80 bits per heavy atom. The maximum absolute atomic E-state index is 13.3. The van der Waals surface area contributed by atoms with Gasteiger partial charge in [-0.15, -0.1) is 0 Å². The van der Waals surface area contributed by atoms with Gasteiger partial charge in [-0.1, -0.05) is 19.3 Å². The highest BCUT2D eigenvalue weighted by molar-refractivity contribution is 7.90. The van der Waals surface area contributed by atoms with E-state index in [4.69, 9.17) is 0 Å². The second-order valence-corrected chi connectivity index (χ2v) is 6.69. The van der Waals surface area contributed by atoms with Gasteiger partial charge in [-0.05, 0) is 12.8 Å². The summed E-state index contributed by atoms with van der Waals surface area (Å²) in [5.41, 5.74) is 0. The molecule has 3 nitrogen and oxygen atoms in total. The van der Waals surface area contributed by atoms with Crippen LogP contribution in [0, 0.1) is 0 Å². The lowest BCUT2D eigenvalue weighted by Gasteiger charge is -2.32. The number of halogens is 6. The SMILES string of the molecule is CC(F)(F)C(F)(F)C(F)(F)S(=O)(=O)NC1CCCCC1. The molecule has 1 saturated carbocycles. The summed E-state index contributed by atoms with van der Waals surface area (Å²) >= 11 is 0. The van der Waals surface area contributed by atoms with Crippen molar-refractivity contribution in [1.29, 1.82) is 0 Å². The van der Waals surface area contributed by atoms with Crippen LogP contribution in [0.4, 0.5) is 26.3 Å². The number of hydrogen-bond donors (Lipinski definition) is 1. The summed E-state index contributed by atoms with van der Waals surface area (Å²) in [6.45, 7) is -0.447. The average molecular weight is 327 g/mol. The summed E-state index contributed by atoms with van der Waals surface area (Å²) < 4.78 is 102. The van der Waals surface area contributed by atoms with Crippen molar-refractivity contribution >= 4 is 10.0 Å². The van der Waals surface area contributed by atoms with Crippen LogP contribution in [-0.4, -0.2) is 31.6 Å². The minimum atomic E-state index is -6.00. The molecule has 1 fully saturated rings. The van der Waals surface area contributed by atoms with Crippen LogP contribution in [0.5, 0.6) is 0 Å². The Hall–Kier alpha value is -0.510. The van der Waals surface area contributed by atoms with Gasteiger partial charge >= 0.3 is 17.1 Å². The van der Waals surface area contributed by atoms with Gasteiger partial charge in [0.2, 0.25) is 0 Å². The van der Waals surface area contributed by atoms with Crippen LogP contribution in [0.2, 0.25) is 0 Å². The minimum Gasteiger partial charge on any atom is -0.207 e. The zero-order valence-electron chi connectivity index (χ0n) is 10.6. The zero-order valence-corrected chi connectivity index (χ0v) is 11.4. The summed E-state index contributed by atoms with van der Waals surface area (Å²) in [5, 5.41) is -5.89. The van der Waals surface area contributed by atoms with E-state index in [2.05, 4.69) is 0 Å². The van der Waals surface area contributed by atoms with Crippen molar-refractivity contribution in [3.8, 4) is 0 Å². The molecule has 10 heteroatoms. The lowest BCUT2D eigenvalue weighted by Crippen LogP contribution is -2.60. The monoisotopic (exact) mass is 327 g/mol. The molecule has 120 valence electrons. The Labute approximate surface area is 112 Å². The minimum absolute atomic E-state index is 0.212. The highest BCUT2D eigenvalue weighted by Gasteiger charge is 2.75. The van der Waals surface area contributed by atoms with Crippen molar-refractivity contribution in [2.24, 2.45) is 0 Å². The maximum Gasteiger partial charge on any atom is 0.426 e. The van der Waals surface area contributed by atoms with E-state index in [1.165, 1.54) is 4.72 Å². The highest BCUT2D eigenvalue weighted by Crippen LogP contribution is 2.48. The van der Waals surface area contributed by atoms with Gasteiger partial charge in [0.25, 0.3) is 10.0 Å². The number of sulfonamides is 1. The van der Waals surface area contributed by atoms with Crippen molar-refractivity contribution < 1.29 is 34.8 Å². The van der Waals surface area contributed by atoms with Gasteiger partial charge in [-0.3, -0.25) is 0 Å². The fourth-order valence-electron chi connectivity index (χ4n) is 1.94. The average Bonchev–Trinajstić information content (AvgIpc) is 2.27. The summed E-state index contributed by atoms with van der Waals surface area (Å²) in [7, 11) is -5.91. The molecule has 1 N–H and O–H groups in total. The van der Waals surface area contributed by atoms with Crippen LogP contribution in [-0.2, 0) is 10.0 Å². The van der Waals surface area contributed by atoms with Gasteiger partial charge in [0.1, 0.15) is 0 Å². The van der Waals surface area contributed by atoms with Crippen LogP contribution in [0.3, 0.4) is 0 Å². The van der Waals surface area contributed by atoms with Crippen LogP contribution in [0.1, 0.15) is 39.0 Å². The van der Waals surface area contributed by atoms with E-state index >= 15 is 0 Å². The first-order chi connectivity index (χ1) is 8.83. The van der Waals surface area contributed by atoms with E-state index in [1.54, 1.807) is 0 Å². The molecule has 0 unspecified atom stereocenters. The van der Waals surface area contributed by atoms with Crippen molar-refractivity contribution in [1.82, 2.24) is 4.72 Å². The predicted molar refractivity (Wildman–Crippen MR) is 59.4 cm³/mol. The molecule has 20 heavy (non-hydrogen) atoms. The number of alkyl halides is 6. The predicted octanol–water partition coefficient (Wildman–Crippen LogP) is 3.12. The lowest BCUT2D eigenvalue weighted by atomic mass is 9.96. The molecule has 0 radical (unpaired) electrons. The molecular formula is C10H15F6NO2S. The number of hydrogen-bond acceptors (Lipinski definition) is 2. The van der Waals surface area contributed by atoms with Crippen molar-refractivity contribution in [2.45, 2.75) is 62.2 Å². The molecule has 1 rings (SSSR count). The van der Waals surface area contributed by atoms with Gasteiger partial charge < -0.3 is 0 Å². The van der Waals surface area contributed by atoms with E-state index < -0.39 is 40.1 Å². The molecule has 0 aromatic carbocycles. The fraction of sp³-hybridized carbons (Fsp3) is 1.00. The first kappa shape index (κ1) is 17.5. The number of nitrogens with one attached hydrogen (secondary N) is 1. The van der Waals surface area contributed by atoms with Gasteiger partial charge in [-0.25, -0.2) is 13.1 Å². The van der Waals surface area contributed by atoms with Crippen LogP contribution in [0.15, 0.2) is 0 Å². The Bertz CT molecular complexity index is 439. The highest BCUT2D eigenvalue weighted by atomic mass is 32.2. The fourth-order valence-corrected chi connectivity index (χ4v) is 3.28. The summed E-state index contributed by atoms with van der Waals surface area (Å²) in [6.07, 6.45) is 2.31. The van der Waals surface area contributed by atoms with E-state index in [0.29, 0.717) is 12.8 Å². The molecule has 1 aliphatic carbocycles. The molecule has 0 aromatic rings. The zero-order chi connectivity index (χ0) is 15.8. The van der Waals surface area contributed by atoms with Gasteiger partial charge in [0, 0.05) is 13.0 Å². The second kappa shape index (κ2) is 5.36. The summed E-state index contributed by atoms with van der Waals surface area (Å²) in [6, 6.07) is -0.930. The molecule has 0 heterocycles. The molecule has 0 bridgehead atoms. The topological polar surface area (TPSA) is 46.2 Å². The maximum atomic E-state index is 13.3. The lowest BCUT2D eigenvalue weighted by molar-refractivity contribution is -0.271. The van der Waals surface area contributed by atoms with Gasteiger partial charge in [0.15, 0.2) is 0 Å². The molecule has 1 aliphatic rings. The molecule has 0 aromatic heterocycles. The molecule has 0 saturated heterocycles. The Morgan fingerprint density at radius 2 is 1.40 bits per heavy atom. The summed E-state index contributed by atoms with van der Waals surface area (Å²) in [4.78, 5) is 0. The van der Waals surface area contributed by atoms with Gasteiger partial charge in [0.05, 0.1) is 0 Å². The first-order valence-electron chi connectivity index (χ1n) is 5.98. The smallest absolute Gasteiger partial charge is 0.207 e. The largest absolute Gasteiger partial charge is 0.426 e. The second-order valence-electron chi connectivity index (χ2n) is 4.94. The van der Waals surface area contributed by atoms with E-state index in [0.717, 1.165) is 6.42 Å². The Balaban J connectivity index is 3.00. The third kappa shape index (κ3) is 3.05. The first-order valence-corrected chi connectivity index (χ1v) is 7.46. The van der Waals surface area contributed by atoms with Crippen LogP contribution >= 0.6 is 0 Å². The number of rotatable bonds is 5. The molecule has 0 spiro atoms.